The van der Waals surface area contributed by atoms with Crippen LogP contribution in [0.4, 0.5) is 13.2 Å². The lowest BCUT2D eigenvalue weighted by Gasteiger charge is -2.19. The molecule has 0 saturated carbocycles. The zero-order valence-corrected chi connectivity index (χ0v) is 12.0. The van der Waals surface area contributed by atoms with Crippen LogP contribution in [0.15, 0.2) is 18.2 Å². The monoisotopic (exact) mass is 300 g/mol. The molecule has 1 heterocycles. The van der Waals surface area contributed by atoms with Gasteiger partial charge in [-0.2, -0.15) is 18.3 Å². The summed E-state index contributed by atoms with van der Waals surface area (Å²) in [7, 11) is 0. The largest absolute Gasteiger partial charge is 0.418 e. The predicted molar refractivity (Wildman–Crippen MR) is 74.8 cm³/mol. The second-order valence-electron chi connectivity index (χ2n) is 5.43. The molecule has 1 aromatic carbocycles. The Morgan fingerprint density at radius 1 is 1.33 bits per heavy atom. The number of hydrogen-bond donors (Lipinski definition) is 2. The van der Waals surface area contributed by atoms with Crippen molar-refractivity contribution in [1.82, 2.24) is 10.2 Å². The lowest BCUT2D eigenvalue weighted by atomic mass is 9.88. The van der Waals surface area contributed by atoms with Crippen molar-refractivity contribution < 1.29 is 18.3 Å². The van der Waals surface area contributed by atoms with E-state index in [0.29, 0.717) is 23.4 Å². The Morgan fingerprint density at radius 2 is 2.05 bits per heavy atom. The number of aromatic nitrogens is 2. The van der Waals surface area contributed by atoms with Crippen LogP contribution < -0.4 is 0 Å². The van der Waals surface area contributed by atoms with Crippen LogP contribution in [0.5, 0.6) is 0 Å². The van der Waals surface area contributed by atoms with E-state index in [1.165, 1.54) is 6.07 Å². The summed E-state index contributed by atoms with van der Waals surface area (Å²) in [6.45, 7) is 4.06. The molecule has 0 fully saturated rings. The van der Waals surface area contributed by atoms with Crippen LogP contribution in [0.2, 0.25) is 0 Å². The number of nitrogens with zero attached hydrogens (tertiary/aromatic N) is 1. The number of alkyl halides is 3. The van der Waals surface area contributed by atoms with Crippen LogP contribution in [0.1, 0.15) is 31.5 Å². The minimum absolute atomic E-state index is 0.00759. The highest BCUT2D eigenvalue weighted by Gasteiger charge is 2.34. The first-order valence-electron chi connectivity index (χ1n) is 7.02. The summed E-state index contributed by atoms with van der Waals surface area (Å²) in [5, 5.41) is 16.5. The molecule has 0 saturated heterocycles. The summed E-state index contributed by atoms with van der Waals surface area (Å²) in [5.74, 6) is 0.298. The van der Waals surface area contributed by atoms with Gasteiger partial charge in [-0.3, -0.25) is 5.10 Å². The molecule has 116 valence electrons. The fraction of sp³-hybridized carbons (Fsp3) is 0.533. The maximum absolute atomic E-state index is 12.9. The van der Waals surface area contributed by atoms with Crippen LogP contribution in [0, 0.1) is 11.8 Å². The number of fused-ring (bicyclic) bond motifs is 1. The fourth-order valence-electron chi connectivity index (χ4n) is 2.52. The SMILES string of the molecule is CCC(C)C(CO)Cc1[nH]nc2c(C(F)(F)F)cccc12. The molecule has 0 bridgehead atoms. The number of hydrogen-bond acceptors (Lipinski definition) is 2. The Morgan fingerprint density at radius 3 is 2.62 bits per heavy atom. The van der Waals surface area contributed by atoms with Gasteiger partial charge in [-0.15, -0.1) is 0 Å². The smallest absolute Gasteiger partial charge is 0.396 e. The van der Waals surface area contributed by atoms with E-state index in [4.69, 9.17) is 0 Å². The Bertz CT molecular complexity index is 606. The molecule has 2 rings (SSSR count). The third-order valence-corrected chi connectivity index (χ3v) is 4.12. The van der Waals surface area contributed by atoms with E-state index in [1.807, 2.05) is 13.8 Å². The number of benzene rings is 1. The standard InChI is InChI=1S/C15H19F3N2O/c1-3-9(2)10(8-21)7-13-11-5-4-6-12(15(16,17)18)14(11)20-19-13/h4-6,9-10,21H,3,7-8H2,1-2H3,(H,19,20). The molecule has 21 heavy (non-hydrogen) atoms. The number of rotatable bonds is 5. The summed E-state index contributed by atoms with van der Waals surface area (Å²) >= 11 is 0. The van der Waals surface area contributed by atoms with Gasteiger partial charge in [0, 0.05) is 17.7 Å². The molecule has 0 aliphatic rings. The zero-order valence-electron chi connectivity index (χ0n) is 12.0. The minimum atomic E-state index is -4.42. The lowest BCUT2D eigenvalue weighted by molar-refractivity contribution is -0.136. The van der Waals surface area contributed by atoms with Crippen molar-refractivity contribution in [3.63, 3.8) is 0 Å². The van der Waals surface area contributed by atoms with E-state index in [1.54, 1.807) is 6.07 Å². The van der Waals surface area contributed by atoms with Crippen molar-refractivity contribution in [2.45, 2.75) is 32.9 Å². The maximum Gasteiger partial charge on any atom is 0.418 e. The van der Waals surface area contributed by atoms with Crippen LogP contribution in [-0.4, -0.2) is 21.9 Å². The normalized spacial score (nSPS) is 15.3. The molecule has 3 nitrogen and oxygen atoms in total. The summed E-state index contributed by atoms with van der Waals surface area (Å²) < 4.78 is 38.8. The van der Waals surface area contributed by atoms with Crippen molar-refractivity contribution in [2.24, 2.45) is 11.8 Å². The molecule has 2 unspecified atom stereocenters. The highest BCUT2D eigenvalue weighted by Crippen LogP contribution is 2.35. The molecular weight excluding hydrogens is 281 g/mol. The summed E-state index contributed by atoms with van der Waals surface area (Å²) in [6, 6.07) is 4.06. The minimum Gasteiger partial charge on any atom is -0.396 e. The van der Waals surface area contributed by atoms with Crippen molar-refractivity contribution in [3.05, 3.63) is 29.5 Å². The maximum atomic E-state index is 12.9. The van der Waals surface area contributed by atoms with Gasteiger partial charge in [0.15, 0.2) is 0 Å². The number of aliphatic hydroxyl groups is 1. The predicted octanol–water partition coefficient (Wildman–Crippen LogP) is 3.78. The number of H-pyrrole nitrogens is 1. The first-order chi connectivity index (χ1) is 9.88. The van der Waals surface area contributed by atoms with Gasteiger partial charge in [-0.05, 0) is 24.3 Å². The average molecular weight is 300 g/mol. The summed E-state index contributed by atoms with van der Waals surface area (Å²) in [5.41, 5.74) is -0.136. The van der Waals surface area contributed by atoms with E-state index in [-0.39, 0.29) is 18.0 Å². The zero-order chi connectivity index (χ0) is 15.6. The van der Waals surface area contributed by atoms with Gasteiger partial charge in [0.25, 0.3) is 0 Å². The number of aromatic amines is 1. The topological polar surface area (TPSA) is 48.9 Å². The molecule has 0 radical (unpaired) electrons. The van der Waals surface area contributed by atoms with Crippen molar-refractivity contribution in [1.29, 1.82) is 0 Å². The second-order valence-corrected chi connectivity index (χ2v) is 5.43. The molecule has 2 atom stereocenters. The Balaban J connectivity index is 2.39. The molecule has 2 N–H and O–H groups in total. The molecule has 2 aromatic rings. The Hall–Kier alpha value is -1.56. The molecule has 0 amide bonds. The molecular formula is C15H19F3N2O. The first-order valence-corrected chi connectivity index (χ1v) is 7.02. The lowest BCUT2D eigenvalue weighted by Crippen LogP contribution is -2.18. The number of halogens is 3. The van der Waals surface area contributed by atoms with Gasteiger partial charge in [0.2, 0.25) is 0 Å². The molecule has 0 spiro atoms. The Labute approximate surface area is 121 Å². The van der Waals surface area contributed by atoms with Crippen molar-refractivity contribution >= 4 is 10.9 Å². The Kier molecular flexibility index (Phi) is 4.56. The molecule has 0 aliphatic heterocycles. The van der Waals surface area contributed by atoms with Gasteiger partial charge in [0.05, 0.1) is 5.56 Å². The summed E-state index contributed by atoms with van der Waals surface area (Å²) in [4.78, 5) is 0. The van der Waals surface area contributed by atoms with Crippen molar-refractivity contribution in [2.75, 3.05) is 6.61 Å². The molecule has 6 heteroatoms. The van der Waals surface area contributed by atoms with Crippen LogP contribution in [0.25, 0.3) is 10.9 Å². The third-order valence-electron chi connectivity index (χ3n) is 4.12. The third kappa shape index (κ3) is 3.20. The average Bonchev–Trinajstić information content (AvgIpc) is 2.85. The fourth-order valence-corrected chi connectivity index (χ4v) is 2.52. The van der Waals surface area contributed by atoms with Gasteiger partial charge >= 0.3 is 6.18 Å². The quantitative estimate of drug-likeness (QED) is 0.883. The van der Waals surface area contributed by atoms with Gasteiger partial charge in [0.1, 0.15) is 5.52 Å². The van der Waals surface area contributed by atoms with Gasteiger partial charge < -0.3 is 5.11 Å². The summed E-state index contributed by atoms with van der Waals surface area (Å²) in [6.07, 6.45) is -3.02. The van der Waals surface area contributed by atoms with Crippen LogP contribution in [0.3, 0.4) is 0 Å². The van der Waals surface area contributed by atoms with Gasteiger partial charge in [-0.1, -0.05) is 32.4 Å². The highest BCUT2D eigenvalue weighted by molar-refractivity contribution is 5.84. The van der Waals surface area contributed by atoms with Crippen LogP contribution >= 0.6 is 0 Å². The van der Waals surface area contributed by atoms with E-state index in [2.05, 4.69) is 10.2 Å². The van der Waals surface area contributed by atoms with E-state index < -0.39 is 11.7 Å². The molecule has 0 aliphatic carbocycles. The molecule has 1 aromatic heterocycles. The van der Waals surface area contributed by atoms with Crippen LogP contribution in [-0.2, 0) is 12.6 Å². The highest BCUT2D eigenvalue weighted by atomic mass is 19.4. The number of nitrogens with one attached hydrogen (secondary N) is 1. The first kappa shape index (κ1) is 15.8. The number of aliphatic hydroxyl groups excluding tert-OH is 1. The number of para-hydroxylation sites is 1. The van der Waals surface area contributed by atoms with E-state index in [0.717, 1.165) is 12.5 Å². The van der Waals surface area contributed by atoms with E-state index in [9.17, 15) is 18.3 Å². The van der Waals surface area contributed by atoms with Crippen molar-refractivity contribution in [3.8, 4) is 0 Å². The van der Waals surface area contributed by atoms with Gasteiger partial charge in [-0.25, -0.2) is 0 Å². The second kappa shape index (κ2) is 6.05. The van der Waals surface area contributed by atoms with E-state index >= 15 is 0 Å².